The van der Waals surface area contributed by atoms with Crippen LogP contribution in [0.2, 0.25) is 0 Å². The van der Waals surface area contributed by atoms with Gasteiger partial charge in [-0.1, -0.05) is 33.3 Å². The molecule has 0 atom stereocenters. The number of nitro benzene ring substituents is 1. The first-order chi connectivity index (χ1) is 15.5. The summed E-state index contributed by atoms with van der Waals surface area (Å²) in [5.74, 6) is -0.224. The van der Waals surface area contributed by atoms with Crippen molar-refractivity contribution in [2.45, 2.75) is 6.54 Å². The molecule has 0 aliphatic carbocycles. The second-order valence-electron chi connectivity index (χ2n) is 6.91. The number of nitrogens with zero attached hydrogens (tertiary/aromatic N) is 4. The fraction of sp³-hybridized carbons (Fsp3) is 0.0455. The quantitative estimate of drug-likeness (QED) is 0.195. The molecule has 10 heteroatoms. The van der Waals surface area contributed by atoms with Gasteiger partial charge in [-0.25, -0.2) is 4.98 Å². The highest BCUT2D eigenvalue weighted by molar-refractivity contribution is 9.10. The highest BCUT2D eigenvalue weighted by Crippen LogP contribution is 2.35. The maximum absolute atomic E-state index is 13.6. The number of benzene rings is 2. The normalized spacial score (nSPS) is 11.2. The molecule has 0 fully saturated rings. The van der Waals surface area contributed by atoms with Crippen molar-refractivity contribution in [2.24, 2.45) is 0 Å². The average Bonchev–Trinajstić information content (AvgIpc) is 3.40. The van der Waals surface area contributed by atoms with E-state index in [0.717, 1.165) is 25.1 Å². The summed E-state index contributed by atoms with van der Waals surface area (Å²) in [6, 6.07) is 17.7. The fourth-order valence-corrected chi connectivity index (χ4v) is 5.77. The molecule has 3 heterocycles. The number of non-ortho nitro benzene ring substituents is 1. The minimum atomic E-state index is -0.439. The summed E-state index contributed by atoms with van der Waals surface area (Å²) in [7, 11) is 0. The van der Waals surface area contributed by atoms with E-state index >= 15 is 0 Å². The van der Waals surface area contributed by atoms with Crippen LogP contribution in [0.3, 0.4) is 0 Å². The molecule has 5 rings (SSSR count). The van der Waals surface area contributed by atoms with E-state index in [9.17, 15) is 14.9 Å². The number of carbonyl (C=O) groups excluding carboxylic acids is 1. The number of rotatable bonds is 5. The maximum Gasteiger partial charge on any atom is 0.270 e. The van der Waals surface area contributed by atoms with Crippen LogP contribution in [0.25, 0.3) is 20.3 Å². The molecule has 7 nitrogen and oxygen atoms in total. The average molecular weight is 525 g/mol. The third kappa shape index (κ3) is 3.99. The number of fused-ring (bicyclic) bond motifs is 2. The zero-order chi connectivity index (χ0) is 22.2. The predicted molar refractivity (Wildman–Crippen MR) is 131 cm³/mol. The van der Waals surface area contributed by atoms with Crippen LogP contribution >= 0.6 is 38.6 Å². The van der Waals surface area contributed by atoms with Gasteiger partial charge in [0, 0.05) is 32.9 Å². The first kappa shape index (κ1) is 20.7. The zero-order valence-electron chi connectivity index (χ0n) is 16.3. The number of nitro groups is 1. The van der Waals surface area contributed by atoms with E-state index in [0.29, 0.717) is 15.4 Å². The van der Waals surface area contributed by atoms with E-state index in [1.165, 1.54) is 34.8 Å². The SMILES string of the molecule is O=C(c1cc2cc([N+](=O)[O-])ccc2s1)N(Cc1ccccn1)c1nc2ccc(Br)cc2s1. The van der Waals surface area contributed by atoms with Crippen LogP contribution in [0, 0.1) is 10.1 Å². The molecule has 32 heavy (non-hydrogen) atoms. The summed E-state index contributed by atoms with van der Waals surface area (Å²) in [5, 5.41) is 12.3. The molecule has 5 aromatic rings. The molecular weight excluding hydrogens is 512 g/mol. The predicted octanol–water partition coefficient (Wildman–Crippen LogP) is 6.42. The van der Waals surface area contributed by atoms with Crippen molar-refractivity contribution in [2.75, 3.05) is 4.90 Å². The second-order valence-corrected chi connectivity index (χ2v) is 9.92. The molecule has 3 aromatic heterocycles. The Morgan fingerprint density at radius 3 is 2.72 bits per heavy atom. The Kier molecular flexibility index (Phi) is 5.41. The van der Waals surface area contributed by atoms with Crippen molar-refractivity contribution in [3.63, 3.8) is 0 Å². The van der Waals surface area contributed by atoms with Crippen molar-refractivity contribution in [3.05, 3.63) is 92.0 Å². The topological polar surface area (TPSA) is 89.2 Å². The van der Waals surface area contributed by atoms with Gasteiger partial charge in [0.15, 0.2) is 5.13 Å². The van der Waals surface area contributed by atoms with Gasteiger partial charge in [-0.2, -0.15) is 0 Å². The smallest absolute Gasteiger partial charge is 0.270 e. The summed E-state index contributed by atoms with van der Waals surface area (Å²) < 4.78 is 2.71. The lowest BCUT2D eigenvalue weighted by molar-refractivity contribution is -0.384. The van der Waals surface area contributed by atoms with Gasteiger partial charge in [0.2, 0.25) is 0 Å². The third-order valence-corrected chi connectivity index (χ3v) is 7.42. The van der Waals surface area contributed by atoms with Gasteiger partial charge in [-0.05, 0) is 42.5 Å². The molecule has 0 bridgehead atoms. The number of hydrogen-bond acceptors (Lipinski definition) is 7. The Balaban J connectivity index is 1.58. The van der Waals surface area contributed by atoms with Crippen LogP contribution in [0.5, 0.6) is 0 Å². The number of thiophene rings is 1. The molecule has 0 N–H and O–H groups in total. The first-order valence-corrected chi connectivity index (χ1v) is 11.9. The van der Waals surface area contributed by atoms with Gasteiger partial charge in [-0.15, -0.1) is 11.3 Å². The number of anilines is 1. The molecular formula is C22H13BrN4O3S2. The summed E-state index contributed by atoms with van der Waals surface area (Å²) in [6.45, 7) is 0.259. The molecule has 2 aromatic carbocycles. The second kappa shape index (κ2) is 8.38. The van der Waals surface area contributed by atoms with Crippen LogP contribution < -0.4 is 4.90 Å². The Labute approximate surface area is 198 Å². The highest BCUT2D eigenvalue weighted by atomic mass is 79.9. The lowest BCUT2D eigenvalue weighted by Gasteiger charge is -2.18. The number of thiazole rings is 1. The summed E-state index contributed by atoms with van der Waals surface area (Å²) in [5.41, 5.74) is 1.54. The molecule has 0 saturated heterocycles. The number of amides is 1. The number of halogens is 1. The van der Waals surface area contributed by atoms with Crippen molar-refractivity contribution in [1.29, 1.82) is 0 Å². The van der Waals surface area contributed by atoms with Gasteiger partial charge < -0.3 is 0 Å². The highest BCUT2D eigenvalue weighted by Gasteiger charge is 2.24. The van der Waals surface area contributed by atoms with E-state index in [2.05, 4.69) is 25.9 Å². The summed E-state index contributed by atoms with van der Waals surface area (Å²) in [6.07, 6.45) is 1.69. The van der Waals surface area contributed by atoms with Crippen molar-refractivity contribution in [3.8, 4) is 0 Å². The lowest BCUT2D eigenvalue weighted by atomic mass is 10.2. The van der Waals surface area contributed by atoms with E-state index in [1.54, 1.807) is 23.2 Å². The van der Waals surface area contributed by atoms with Crippen molar-refractivity contribution >= 4 is 75.6 Å². The van der Waals surface area contributed by atoms with E-state index < -0.39 is 4.92 Å². The van der Waals surface area contributed by atoms with Gasteiger partial charge >= 0.3 is 0 Å². The Morgan fingerprint density at radius 2 is 1.94 bits per heavy atom. The number of aromatic nitrogens is 2. The minimum absolute atomic E-state index is 0.00334. The molecule has 0 aliphatic rings. The molecule has 0 radical (unpaired) electrons. The molecule has 158 valence electrons. The van der Waals surface area contributed by atoms with Crippen molar-refractivity contribution < 1.29 is 9.72 Å². The number of carbonyl (C=O) groups is 1. The van der Waals surface area contributed by atoms with Gasteiger partial charge in [0.05, 0.1) is 32.3 Å². The number of hydrogen-bond donors (Lipinski definition) is 0. The summed E-state index contributed by atoms with van der Waals surface area (Å²) in [4.78, 5) is 35.4. The Bertz CT molecular complexity index is 1480. The molecule has 1 amide bonds. The van der Waals surface area contributed by atoms with Crippen LogP contribution in [0.4, 0.5) is 10.8 Å². The fourth-order valence-electron chi connectivity index (χ4n) is 3.26. The monoisotopic (exact) mass is 524 g/mol. The maximum atomic E-state index is 13.6. The van der Waals surface area contributed by atoms with Gasteiger partial charge in [-0.3, -0.25) is 24.8 Å². The molecule has 0 saturated carbocycles. The van der Waals surface area contributed by atoms with Gasteiger partial charge in [0.25, 0.3) is 11.6 Å². The number of pyridine rings is 1. The Morgan fingerprint density at radius 1 is 1.06 bits per heavy atom. The van der Waals surface area contributed by atoms with Crippen molar-refractivity contribution in [1.82, 2.24) is 9.97 Å². The molecule has 0 spiro atoms. The van der Waals surface area contributed by atoms with E-state index in [4.69, 9.17) is 0 Å². The van der Waals surface area contributed by atoms with Crippen LogP contribution in [0.15, 0.2) is 71.3 Å². The third-order valence-electron chi connectivity index (χ3n) is 4.78. The molecule has 0 unspecified atom stereocenters. The zero-order valence-corrected chi connectivity index (χ0v) is 19.5. The minimum Gasteiger partial charge on any atom is -0.277 e. The lowest BCUT2D eigenvalue weighted by Crippen LogP contribution is -2.30. The first-order valence-electron chi connectivity index (χ1n) is 9.44. The summed E-state index contributed by atoms with van der Waals surface area (Å²) >= 11 is 6.21. The van der Waals surface area contributed by atoms with Crippen LogP contribution in [0.1, 0.15) is 15.4 Å². The van der Waals surface area contributed by atoms with Gasteiger partial charge in [0.1, 0.15) is 0 Å². The molecule has 0 aliphatic heterocycles. The largest absolute Gasteiger partial charge is 0.277 e. The standard InChI is InChI=1S/C22H13BrN4O3S2/c23-14-4-6-17-19(11-14)32-22(25-17)26(12-15-3-1-2-8-24-15)21(28)20-10-13-9-16(27(29)30)5-7-18(13)31-20/h1-11H,12H2. The Hall–Kier alpha value is -3.21. The van der Waals surface area contributed by atoms with E-state index in [-0.39, 0.29) is 18.1 Å². The van der Waals surface area contributed by atoms with Crippen LogP contribution in [-0.4, -0.2) is 20.8 Å². The van der Waals surface area contributed by atoms with E-state index in [1.807, 2.05) is 36.4 Å². The van der Waals surface area contributed by atoms with Crippen LogP contribution in [-0.2, 0) is 6.54 Å².